The molecule has 0 fully saturated rings. The standard InChI is InChI=1S/C8H17NO2.H2O4S/c1-2-3-4-5-6-7-8(10)11-9;1-5(2,3)4/h2-7,9H2,1H3;(H2,1,2,3,4). The molecule has 0 saturated heterocycles. The molecule has 0 aromatic carbocycles. The fourth-order valence-electron chi connectivity index (χ4n) is 0.932. The molecule has 16 heavy (non-hydrogen) atoms. The van der Waals surface area contributed by atoms with Gasteiger partial charge in [0.05, 0.1) is 0 Å². The maximum absolute atomic E-state index is 10.5. The molecule has 0 heterocycles. The van der Waals surface area contributed by atoms with E-state index in [0.29, 0.717) is 6.42 Å². The molecule has 7 nitrogen and oxygen atoms in total. The van der Waals surface area contributed by atoms with Crippen molar-refractivity contribution in [2.24, 2.45) is 5.90 Å². The van der Waals surface area contributed by atoms with Gasteiger partial charge in [0.1, 0.15) is 0 Å². The molecular weight excluding hydrogens is 238 g/mol. The van der Waals surface area contributed by atoms with Crippen LogP contribution in [0.5, 0.6) is 0 Å². The monoisotopic (exact) mass is 257 g/mol. The first-order valence-electron chi connectivity index (χ1n) is 4.90. The van der Waals surface area contributed by atoms with Crippen LogP contribution in [0.25, 0.3) is 0 Å². The van der Waals surface area contributed by atoms with Crippen LogP contribution in [0.4, 0.5) is 0 Å². The highest BCUT2D eigenvalue weighted by Gasteiger charge is 1.98. The SMILES string of the molecule is CCCCCCCC(=O)ON.O=S(=O)(O)O. The summed E-state index contributed by atoms with van der Waals surface area (Å²) in [5.41, 5.74) is 0. The van der Waals surface area contributed by atoms with Gasteiger partial charge < -0.3 is 4.84 Å². The van der Waals surface area contributed by atoms with Gasteiger partial charge in [0.2, 0.25) is 0 Å². The van der Waals surface area contributed by atoms with E-state index in [4.69, 9.17) is 17.5 Å². The topological polar surface area (TPSA) is 127 Å². The van der Waals surface area contributed by atoms with Crippen LogP contribution >= 0.6 is 0 Å². The van der Waals surface area contributed by atoms with E-state index in [1.807, 2.05) is 0 Å². The summed E-state index contributed by atoms with van der Waals surface area (Å²) in [5, 5.41) is 0. The lowest BCUT2D eigenvalue weighted by Crippen LogP contribution is -2.08. The third-order valence-electron chi connectivity index (χ3n) is 1.62. The molecule has 8 heteroatoms. The second-order valence-electron chi connectivity index (χ2n) is 3.10. The summed E-state index contributed by atoms with van der Waals surface area (Å²) < 4.78 is 31.6. The Kier molecular flexibility index (Phi) is 11.9. The van der Waals surface area contributed by atoms with Crippen molar-refractivity contribution in [3.63, 3.8) is 0 Å². The van der Waals surface area contributed by atoms with E-state index in [2.05, 4.69) is 17.7 Å². The van der Waals surface area contributed by atoms with E-state index in [0.717, 1.165) is 12.8 Å². The van der Waals surface area contributed by atoms with Crippen molar-refractivity contribution in [1.82, 2.24) is 0 Å². The Morgan fingerprint density at radius 2 is 1.62 bits per heavy atom. The van der Waals surface area contributed by atoms with Crippen LogP contribution in [0.3, 0.4) is 0 Å². The number of carbonyl (C=O) groups excluding carboxylic acids is 1. The Morgan fingerprint density at radius 1 is 1.19 bits per heavy atom. The molecule has 0 amide bonds. The average Bonchev–Trinajstić information content (AvgIpc) is 2.14. The van der Waals surface area contributed by atoms with Gasteiger partial charge in [-0.2, -0.15) is 14.3 Å². The number of nitrogens with two attached hydrogens (primary N) is 1. The fraction of sp³-hybridized carbons (Fsp3) is 0.875. The van der Waals surface area contributed by atoms with Crippen molar-refractivity contribution in [3.05, 3.63) is 0 Å². The predicted molar refractivity (Wildman–Crippen MR) is 57.8 cm³/mol. The third kappa shape index (κ3) is 29.2. The first kappa shape index (κ1) is 17.7. The molecule has 0 aliphatic heterocycles. The molecule has 0 aromatic heterocycles. The number of hydrogen-bond donors (Lipinski definition) is 3. The Balaban J connectivity index is 0. The number of carbonyl (C=O) groups is 1. The number of unbranched alkanes of at least 4 members (excludes halogenated alkanes) is 4. The van der Waals surface area contributed by atoms with Gasteiger partial charge >= 0.3 is 16.4 Å². The van der Waals surface area contributed by atoms with Crippen molar-refractivity contribution < 1.29 is 27.2 Å². The van der Waals surface area contributed by atoms with Gasteiger partial charge in [-0.25, -0.2) is 0 Å². The van der Waals surface area contributed by atoms with Crippen LogP contribution in [0.2, 0.25) is 0 Å². The maximum atomic E-state index is 10.5. The molecule has 0 spiro atoms. The first-order valence-corrected chi connectivity index (χ1v) is 6.30. The first-order chi connectivity index (χ1) is 7.31. The molecule has 4 N–H and O–H groups in total. The van der Waals surface area contributed by atoms with Crippen LogP contribution in [-0.4, -0.2) is 23.5 Å². The van der Waals surface area contributed by atoms with Crippen molar-refractivity contribution in [2.45, 2.75) is 45.4 Å². The molecular formula is C8H19NO6S. The number of hydrogen-bond acceptors (Lipinski definition) is 5. The van der Waals surface area contributed by atoms with Gasteiger partial charge in [-0.05, 0) is 6.42 Å². The lowest BCUT2D eigenvalue weighted by atomic mass is 10.1. The van der Waals surface area contributed by atoms with Crippen molar-refractivity contribution in [3.8, 4) is 0 Å². The Labute approximate surface area is 95.5 Å². The molecule has 0 rings (SSSR count). The molecule has 0 aliphatic rings. The van der Waals surface area contributed by atoms with Gasteiger partial charge in [-0.15, -0.1) is 0 Å². The second kappa shape index (κ2) is 10.8. The van der Waals surface area contributed by atoms with Gasteiger partial charge in [-0.1, -0.05) is 32.6 Å². The van der Waals surface area contributed by atoms with E-state index < -0.39 is 10.4 Å². The zero-order chi connectivity index (χ0) is 13.0. The summed E-state index contributed by atoms with van der Waals surface area (Å²) in [6, 6.07) is 0. The Morgan fingerprint density at radius 3 is 2.00 bits per heavy atom. The van der Waals surface area contributed by atoms with Crippen LogP contribution in [0, 0.1) is 0 Å². The van der Waals surface area contributed by atoms with E-state index in [-0.39, 0.29) is 5.97 Å². The minimum absolute atomic E-state index is 0.304. The predicted octanol–water partition coefficient (Wildman–Crippen LogP) is 1.11. The second-order valence-corrected chi connectivity index (χ2v) is 4.00. The van der Waals surface area contributed by atoms with Crippen LogP contribution in [0.15, 0.2) is 0 Å². The fourth-order valence-corrected chi connectivity index (χ4v) is 0.932. The molecule has 0 atom stereocenters. The van der Waals surface area contributed by atoms with Crippen LogP contribution < -0.4 is 5.90 Å². The van der Waals surface area contributed by atoms with Crippen molar-refractivity contribution in [1.29, 1.82) is 0 Å². The largest absolute Gasteiger partial charge is 0.394 e. The highest BCUT2D eigenvalue weighted by atomic mass is 32.3. The Hall–Kier alpha value is -0.700. The summed E-state index contributed by atoms with van der Waals surface area (Å²) in [6.07, 6.45) is 6.13. The third-order valence-corrected chi connectivity index (χ3v) is 1.62. The highest BCUT2D eigenvalue weighted by molar-refractivity contribution is 7.79. The van der Waals surface area contributed by atoms with E-state index in [1.54, 1.807) is 0 Å². The lowest BCUT2D eigenvalue weighted by molar-refractivity contribution is -0.144. The lowest BCUT2D eigenvalue weighted by Gasteiger charge is -1.97. The molecule has 0 unspecified atom stereocenters. The summed E-state index contributed by atoms with van der Waals surface area (Å²) in [6.45, 7) is 2.16. The minimum atomic E-state index is -4.67. The van der Waals surface area contributed by atoms with Crippen molar-refractivity contribution >= 4 is 16.4 Å². The van der Waals surface area contributed by atoms with Gasteiger partial charge in [-0.3, -0.25) is 13.9 Å². The zero-order valence-electron chi connectivity index (χ0n) is 9.26. The maximum Gasteiger partial charge on any atom is 0.394 e. The quantitative estimate of drug-likeness (QED) is 0.369. The van der Waals surface area contributed by atoms with Gasteiger partial charge in [0, 0.05) is 6.42 Å². The summed E-state index contributed by atoms with van der Waals surface area (Å²) in [7, 11) is -4.67. The molecule has 0 aromatic rings. The van der Waals surface area contributed by atoms with Gasteiger partial charge in [0.25, 0.3) is 0 Å². The Bertz CT molecular complexity index is 256. The molecule has 0 radical (unpaired) electrons. The van der Waals surface area contributed by atoms with E-state index in [9.17, 15) is 4.79 Å². The molecule has 0 bridgehead atoms. The normalized spacial score (nSPS) is 10.2. The van der Waals surface area contributed by atoms with Gasteiger partial charge in [0.15, 0.2) is 0 Å². The summed E-state index contributed by atoms with van der Waals surface area (Å²) in [4.78, 5) is 14.5. The average molecular weight is 257 g/mol. The number of rotatable bonds is 6. The minimum Gasteiger partial charge on any atom is -0.373 e. The van der Waals surface area contributed by atoms with E-state index >= 15 is 0 Å². The van der Waals surface area contributed by atoms with Crippen LogP contribution in [0.1, 0.15) is 45.4 Å². The summed E-state index contributed by atoms with van der Waals surface area (Å²) >= 11 is 0. The van der Waals surface area contributed by atoms with Crippen molar-refractivity contribution in [2.75, 3.05) is 0 Å². The smallest absolute Gasteiger partial charge is 0.373 e. The summed E-state index contributed by atoms with van der Waals surface area (Å²) in [5.74, 6) is 4.36. The molecule has 98 valence electrons. The molecule has 0 saturated carbocycles. The van der Waals surface area contributed by atoms with Crippen LogP contribution in [-0.2, 0) is 20.0 Å². The zero-order valence-corrected chi connectivity index (χ0v) is 10.1. The highest BCUT2D eigenvalue weighted by Crippen LogP contribution is 2.04. The van der Waals surface area contributed by atoms with E-state index in [1.165, 1.54) is 19.3 Å². The molecule has 0 aliphatic carbocycles.